The molecule has 0 spiro atoms. The second-order valence-electron chi connectivity index (χ2n) is 10.1. The summed E-state index contributed by atoms with van der Waals surface area (Å²) in [6.45, 7) is 5.17. The van der Waals surface area contributed by atoms with Gasteiger partial charge in [-0.05, 0) is 29.7 Å². The van der Waals surface area contributed by atoms with Gasteiger partial charge in [0.25, 0.3) is 0 Å². The summed E-state index contributed by atoms with van der Waals surface area (Å²) in [6, 6.07) is 10.8. The summed E-state index contributed by atoms with van der Waals surface area (Å²) in [5.74, 6) is 0.382. The number of alkyl halides is 3. The van der Waals surface area contributed by atoms with E-state index in [0.717, 1.165) is 16.5 Å². The van der Waals surface area contributed by atoms with E-state index in [-0.39, 0.29) is 23.6 Å². The Labute approximate surface area is 207 Å². The van der Waals surface area contributed by atoms with Gasteiger partial charge in [0.2, 0.25) is 0 Å². The number of ether oxygens (including phenoxy) is 1. The Balaban J connectivity index is 1.62. The van der Waals surface area contributed by atoms with Gasteiger partial charge in [-0.15, -0.1) is 10.2 Å². The minimum atomic E-state index is -4.45. The second kappa shape index (κ2) is 9.10. The van der Waals surface area contributed by atoms with E-state index in [9.17, 15) is 13.2 Å². The van der Waals surface area contributed by atoms with Gasteiger partial charge < -0.3 is 10.5 Å². The van der Waals surface area contributed by atoms with E-state index in [4.69, 9.17) is 15.5 Å². The van der Waals surface area contributed by atoms with Crippen molar-refractivity contribution in [1.82, 2.24) is 24.5 Å². The molecule has 2 N–H and O–H groups in total. The molecule has 1 aromatic carbocycles. The van der Waals surface area contributed by atoms with Crippen molar-refractivity contribution in [1.29, 1.82) is 0 Å². The van der Waals surface area contributed by atoms with Crippen LogP contribution < -0.4 is 5.73 Å². The molecule has 5 rings (SSSR count). The van der Waals surface area contributed by atoms with Crippen LogP contribution in [0.4, 0.5) is 13.2 Å². The highest BCUT2D eigenvalue weighted by molar-refractivity contribution is 5.85. The van der Waals surface area contributed by atoms with Crippen molar-refractivity contribution >= 4 is 16.6 Å². The Morgan fingerprint density at radius 3 is 2.61 bits per heavy atom. The van der Waals surface area contributed by atoms with Crippen LogP contribution in [-0.2, 0) is 10.2 Å². The van der Waals surface area contributed by atoms with Crippen LogP contribution in [0.1, 0.15) is 37.4 Å². The van der Waals surface area contributed by atoms with Crippen LogP contribution in [-0.4, -0.2) is 63.5 Å². The summed E-state index contributed by atoms with van der Waals surface area (Å²) in [6.07, 6.45) is -2.44. The first-order valence-electron chi connectivity index (χ1n) is 11.9. The maximum atomic E-state index is 14.2. The van der Waals surface area contributed by atoms with Crippen molar-refractivity contribution in [3.63, 3.8) is 0 Å². The number of pyridine rings is 2. The number of benzene rings is 1. The Bertz CT molecular complexity index is 1400. The van der Waals surface area contributed by atoms with Crippen LogP contribution >= 0.6 is 0 Å². The first-order valence-corrected chi connectivity index (χ1v) is 11.9. The number of aromatic nitrogens is 4. The number of likely N-dealkylation sites (tertiary alicyclic amines) is 1. The van der Waals surface area contributed by atoms with E-state index in [2.05, 4.69) is 24.0 Å². The molecule has 1 fully saturated rings. The molecule has 36 heavy (non-hydrogen) atoms. The highest BCUT2D eigenvalue weighted by atomic mass is 19.4. The van der Waals surface area contributed by atoms with Crippen molar-refractivity contribution in [3.05, 3.63) is 59.8 Å². The van der Waals surface area contributed by atoms with Gasteiger partial charge in [0.15, 0.2) is 11.5 Å². The lowest BCUT2D eigenvalue weighted by atomic mass is 9.84. The molecule has 0 radical (unpaired) electrons. The van der Waals surface area contributed by atoms with E-state index >= 15 is 0 Å². The summed E-state index contributed by atoms with van der Waals surface area (Å²) in [7, 11) is 1.66. The van der Waals surface area contributed by atoms with Crippen LogP contribution in [0.25, 0.3) is 28.1 Å². The Morgan fingerprint density at radius 1 is 1.11 bits per heavy atom. The molecule has 10 heteroatoms. The maximum absolute atomic E-state index is 14.2. The quantitative estimate of drug-likeness (QED) is 0.422. The summed E-state index contributed by atoms with van der Waals surface area (Å²) >= 11 is 0. The highest BCUT2D eigenvalue weighted by Crippen LogP contribution is 2.39. The van der Waals surface area contributed by atoms with Gasteiger partial charge in [0, 0.05) is 43.2 Å². The van der Waals surface area contributed by atoms with E-state index in [1.165, 1.54) is 17.2 Å². The van der Waals surface area contributed by atoms with Crippen LogP contribution in [0, 0.1) is 0 Å². The average Bonchev–Trinajstić information content (AvgIpc) is 3.43. The molecule has 0 amide bonds. The normalized spacial score (nSPS) is 18.4. The van der Waals surface area contributed by atoms with Gasteiger partial charge >= 0.3 is 6.18 Å². The fraction of sp³-hybridized carbons (Fsp3) is 0.423. The molecule has 1 aliphatic rings. The fourth-order valence-corrected chi connectivity index (χ4v) is 5.16. The third-order valence-corrected chi connectivity index (χ3v) is 6.86. The molecule has 190 valence electrons. The summed E-state index contributed by atoms with van der Waals surface area (Å²) < 4.78 is 49.6. The zero-order valence-corrected chi connectivity index (χ0v) is 20.5. The van der Waals surface area contributed by atoms with Crippen LogP contribution in [0.2, 0.25) is 0 Å². The Kier molecular flexibility index (Phi) is 6.22. The minimum absolute atomic E-state index is 0.118. The van der Waals surface area contributed by atoms with Crippen LogP contribution in [0.5, 0.6) is 0 Å². The SMILES string of the molecule is COCC(C)(C)c1cccc2ccc(-c3nnc4ccc(C(N5CCC(N)C5)C(F)(F)F)cn34)nc12. The van der Waals surface area contributed by atoms with Gasteiger partial charge in [-0.25, -0.2) is 4.98 Å². The van der Waals surface area contributed by atoms with E-state index in [0.29, 0.717) is 36.7 Å². The highest BCUT2D eigenvalue weighted by Gasteiger charge is 2.46. The minimum Gasteiger partial charge on any atom is -0.384 e. The summed E-state index contributed by atoms with van der Waals surface area (Å²) in [4.78, 5) is 6.30. The molecule has 2 atom stereocenters. The number of nitrogens with zero attached hydrogens (tertiary/aromatic N) is 5. The van der Waals surface area contributed by atoms with Crippen molar-refractivity contribution < 1.29 is 17.9 Å². The second-order valence-corrected chi connectivity index (χ2v) is 10.1. The fourth-order valence-electron chi connectivity index (χ4n) is 5.16. The number of fused-ring (bicyclic) bond motifs is 2. The molecule has 2 unspecified atom stereocenters. The average molecular weight is 499 g/mol. The van der Waals surface area contributed by atoms with Gasteiger partial charge in [-0.1, -0.05) is 44.2 Å². The van der Waals surface area contributed by atoms with Crippen molar-refractivity contribution in [2.45, 2.75) is 43.9 Å². The van der Waals surface area contributed by atoms with E-state index in [1.54, 1.807) is 17.6 Å². The smallest absolute Gasteiger partial charge is 0.384 e. The first-order chi connectivity index (χ1) is 17.1. The zero-order chi connectivity index (χ0) is 25.7. The molecule has 0 bridgehead atoms. The largest absolute Gasteiger partial charge is 0.408 e. The third kappa shape index (κ3) is 4.44. The predicted molar refractivity (Wildman–Crippen MR) is 132 cm³/mol. The lowest BCUT2D eigenvalue weighted by molar-refractivity contribution is -0.183. The molecular formula is C26H29F3N6O. The lowest BCUT2D eigenvalue weighted by Gasteiger charge is -2.30. The molecule has 3 aromatic heterocycles. The third-order valence-electron chi connectivity index (χ3n) is 6.86. The number of rotatable bonds is 6. The summed E-state index contributed by atoms with van der Waals surface area (Å²) in [5, 5.41) is 9.43. The molecule has 1 saturated heterocycles. The molecule has 0 aliphatic carbocycles. The number of halogens is 3. The Hall–Kier alpha value is -3.08. The number of hydrogen-bond acceptors (Lipinski definition) is 6. The molecular weight excluding hydrogens is 469 g/mol. The van der Waals surface area contributed by atoms with Gasteiger partial charge in [-0.3, -0.25) is 9.30 Å². The van der Waals surface area contributed by atoms with E-state index < -0.39 is 12.2 Å². The summed E-state index contributed by atoms with van der Waals surface area (Å²) in [5.41, 5.74) is 8.52. The number of methoxy groups -OCH3 is 1. The molecule has 7 nitrogen and oxygen atoms in total. The number of nitrogens with two attached hydrogens (primary N) is 1. The predicted octanol–water partition coefficient (Wildman–Crippen LogP) is 4.50. The lowest BCUT2D eigenvalue weighted by Crippen LogP contribution is -2.38. The first kappa shape index (κ1) is 24.6. The topological polar surface area (TPSA) is 81.6 Å². The van der Waals surface area contributed by atoms with Gasteiger partial charge in [0.05, 0.1) is 12.1 Å². The zero-order valence-electron chi connectivity index (χ0n) is 20.5. The van der Waals surface area contributed by atoms with E-state index in [1.807, 2.05) is 30.3 Å². The number of hydrogen-bond donors (Lipinski definition) is 1. The Morgan fingerprint density at radius 2 is 1.92 bits per heavy atom. The van der Waals surface area contributed by atoms with Crippen molar-refractivity contribution in [2.24, 2.45) is 5.73 Å². The number of para-hydroxylation sites is 1. The molecule has 4 heterocycles. The molecule has 1 aliphatic heterocycles. The van der Waals surface area contributed by atoms with Crippen molar-refractivity contribution in [3.8, 4) is 11.5 Å². The van der Waals surface area contributed by atoms with Crippen LogP contribution in [0.15, 0.2) is 48.7 Å². The molecule has 4 aromatic rings. The van der Waals surface area contributed by atoms with Crippen molar-refractivity contribution in [2.75, 3.05) is 26.8 Å². The van der Waals surface area contributed by atoms with Crippen LogP contribution in [0.3, 0.4) is 0 Å². The van der Waals surface area contributed by atoms with Gasteiger partial charge in [0.1, 0.15) is 11.7 Å². The molecule has 0 saturated carbocycles. The van der Waals surface area contributed by atoms with Gasteiger partial charge in [-0.2, -0.15) is 13.2 Å². The maximum Gasteiger partial charge on any atom is 0.408 e. The standard InChI is InChI=1S/C26H29F3N6O/c1-25(2,15-36-3)19-6-4-5-16-7-9-20(31-22(16)19)24-33-32-21-10-8-17(13-35(21)24)23(26(27,28)29)34-12-11-18(30)14-34/h4-10,13,18,23H,11-12,14-15,30H2,1-3H3. The monoisotopic (exact) mass is 498 g/mol.